The van der Waals surface area contributed by atoms with Gasteiger partial charge in [0.1, 0.15) is 0 Å². The summed E-state index contributed by atoms with van der Waals surface area (Å²) in [5, 5.41) is 1.52. The molecule has 3 aromatic rings. The molecule has 2 heterocycles. The molecule has 1 spiro atoms. The molecular formula is C31H34Cl3N3O3S. The first-order valence-electron chi connectivity index (χ1n) is 13.7. The number of carbonyl (C=O) groups excluding carboxylic acids is 1. The van der Waals surface area contributed by atoms with Crippen LogP contribution < -0.4 is 4.31 Å². The highest BCUT2D eigenvalue weighted by molar-refractivity contribution is 7.92. The van der Waals surface area contributed by atoms with Crippen LogP contribution >= 0.6 is 34.8 Å². The highest BCUT2D eigenvalue weighted by Crippen LogP contribution is 2.47. The molecule has 0 aliphatic carbocycles. The average molecular weight is 635 g/mol. The molecule has 5 rings (SSSR count). The number of likely N-dealkylation sites (tertiary alicyclic amines) is 1. The third-order valence-electron chi connectivity index (χ3n) is 8.53. The predicted octanol–water partition coefficient (Wildman–Crippen LogP) is 6.71. The molecule has 2 aliphatic rings. The van der Waals surface area contributed by atoms with Crippen molar-refractivity contribution in [2.45, 2.75) is 30.6 Å². The summed E-state index contributed by atoms with van der Waals surface area (Å²) in [5.41, 5.74) is 3.37. The van der Waals surface area contributed by atoms with E-state index in [1.165, 1.54) is 6.26 Å². The second kappa shape index (κ2) is 12.1. The molecule has 218 valence electrons. The number of anilines is 1. The van der Waals surface area contributed by atoms with Crippen molar-refractivity contribution in [3.8, 4) is 0 Å². The molecule has 1 atom stereocenters. The second-order valence-electron chi connectivity index (χ2n) is 11.3. The Bertz CT molecular complexity index is 1540. The molecule has 0 saturated carbocycles. The summed E-state index contributed by atoms with van der Waals surface area (Å²) in [6, 6.07) is 20.6. The number of likely N-dealkylation sites (N-methyl/N-ethyl adjacent to an activating group) is 1. The first-order valence-corrected chi connectivity index (χ1v) is 16.7. The molecule has 0 bridgehead atoms. The molecule has 0 unspecified atom stereocenters. The van der Waals surface area contributed by atoms with Gasteiger partial charge in [0.25, 0.3) is 5.91 Å². The largest absolute Gasteiger partial charge is 0.341 e. The topological polar surface area (TPSA) is 60.9 Å². The van der Waals surface area contributed by atoms with Crippen molar-refractivity contribution in [2.75, 3.05) is 50.3 Å². The van der Waals surface area contributed by atoms with Crippen LogP contribution in [0.3, 0.4) is 0 Å². The summed E-state index contributed by atoms with van der Waals surface area (Å²) in [4.78, 5) is 17.4. The molecule has 0 N–H and O–H groups in total. The van der Waals surface area contributed by atoms with Crippen molar-refractivity contribution in [1.29, 1.82) is 0 Å². The van der Waals surface area contributed by atoms with E-state index in [0.717, 1.165) is 55.7 Å². The number of carbonyl (C=O) groups is 1. The Morgan fingerprint density at radius 3 is 2.39 bits per heavy atom. The predicted molar refractivity (Wildman–Crippen MR) is 168 cm³/mol. The summed E-state index contributed by atoms with van der Waals surface area (Å²) < 4.78 is 26.7. The van der Waals surface area contributed by atoms with Crippen LogP contribution in [-0.2, 0) is 15.4 Å². The number of hydrogen-bond donors (Lipinski definition) is 0. The standard InChI is InChI=1S/C31H34Cl3N3O3S/c1-35(30(38)23-6-5-7-25(32)18-23)20-24(22-10-11-27(33)28(34)19-22)12-15-36-16-13-31(14-17-36)21-37(41(2,39)40)29-9-4-3-8-26(29)31/h3-11,18-19,24H,12-17,20-21H2,1-2H3/t24-/m1/s1. The number of fused-ring (bicyclic) bond motifs is 2. The average Bonchev–Trinajstić information content (AvgIpc) is 3.27. The Balaban J connectivity index is 1.28. The monoisotopic (exact) mass is 633 g/mol. The number of hydrogen-bond acceptors (Lipinski definition) is 4. The smallest absolute Gasteiger partial charge is 0.253 e. The van der Waals surface area contributed by atoms with E-state index >= 15 is 0 Å². The number of para-hydroxylation sites is 1. The summed E-state index contributed by atoms with van der Waals surface area (Å²) in [6.07, 6.45) is 3.89. The fourth-order valence-corrected chi connectivity index (χ4v) is 7.73. The highest BCUT2D eigenvalue weighted by atomic mass is 35.5. The van der Waals surface area contributed by atoms with E-state index in [9.17, 15) is 13.2 Å². The maximum absolute atomic E-state index is 13.2. The SMILES string of the molecule is CN(C[C@@H](CCN1CCC2(CC1)CN(S(C)(=O)=O)c1ccccc12)c1ccc(Cl)c(Cl)c1)C(=O)c1cccc(Cl)c1. The zero-order chi connectivity index (χ0) is 29.4. The van der Waals surface area contributed by atoms with Crippen LogP contribution in [0.2, 0.25) is 15.1 Å². The second-order valence-corrected chi connectivity index (χ2v) is 14.4. The maximum Gasteiger partial charge on any atom is 0.253 e. The van der Waals surface area contributed by atoms with Gasteiger partial charge in [0.2, 0.25) is 10.0 Å². The fraction of sp³-hybridized carbons (Fsp3) is 0.387. The molecular weight excluding hydrogens is 601 g/mol. The lowest BCUT2D eigenvalue weighted by Gasteiger charge is -2.40. The molecule has 0 radical (unpaired) electrons. The summed E-state index contributed by atoms with van der Waals surface area (Å²) in [5.74, 6) is -0.0467. The van der Waals surface area contributed by atoms with E-state index in [1.54, 1.807) is 39.5 Å². The van der Waals surface area contributed by atoms with Gasteiger partial charge in [-0.05, 0) is 86.4 Å². The van der Waals surface area contributed by atoms with E-state index in [2.05, 4.69) is 11.0 Å². The van der Waals surface area contributed by atoms with Crippen LogP contribution in [-0.4, -0.2) is 70.2 Å². The van der Waals surface area contributed by atoms with Crippen LogP contribution in [0, 0.1) is 0 Å². The lowest BCUT2D eigenvalue weighted by molar-refractivity contribution is 0.0780. The van der Waals surface area contributed by atoms with Gasteiger partial charge < -0.3 is 9.80 Å². The lowest BCUT2D eigenvalue weighted by atomic mass is 9.74. The van der Waals surface area contributed by atoms with Crippen LogP contribution in [0.25, 0.3) is 0 Å². The van der Waals surface area contributed by atoms with Crippen molar-refractivity contribution >= 4 is 56.4 Å². The highest BCUT2D eigenvalue weighted by Gasteiger charge is 2.46. The number of nitrogens with zero attached hydrogens (tertiary/aromatic N) is 3. The number of amides is 1. The normalized spacial score (nSPS) is 17.4. The Hall–Kier alpha value is -2.29. The quantitative estimate of drug-likeness (QED) is 0.277. The Labute approximate surface area is 257 Å². The van der Waals surface area contributed by atoms with E-state index < -0.39 is 10.0 Å². The zero-order valence-corrected chi connectivity index (χ0v) is 26.3. The van der Waals surface area contributed by atoms with Crippen molar-refractivity contribution in [3.63, 3.8) is 0 Å². The van der Waals surface area contributed by atoms with Crippen molar-refractivity contribution in [1.82, 2.24) is 9.80 Å². The maximum atomic E-state index is 13.2. The third-order valence-corrected chi connectivity index (χ3v) is 10.6. The van der Waals surface area contributed by atoms with Gasteiger partial charge in [-0.3, -0.25) is 9.10 Å². The molecule has 1 amide bonds. The zero-order valence-electron chi connectivity index (χ0n) is 23.2. The van der Waals surface area contributed by atoms with Crippen molar-refractivity contribution < 1.29 is 13.2 Å². The van der Waals surface area contributed by atoms with Gasteiger partial charge in [0, 0.05) is 42.1 Å². The minimum atomic E-state index is -3.34. The molecule has 1 saturated heterocycles. The van der Waals surface area contributed by atoms with Crippen molar-refractivity contribution in [3.05, 3.63) is 98.5 Å². The van der Waals surface area contributed by atoms with Gasteiger partial charge in [-0.25, -0.2) is 8.42 Å². The number of piperidine rings is 1. The van der Waals surface area contributed by atoms with Crippen molar-refractivity contribution in [2.24, 2.45) is 0 Å². The summed E-state index contributed by atoms with van der Waals surface area (Å²) in [7, 11) is -1.54. The van der Waals surface area contributed by atoms with E-state index in [-0.39, 0.29) is 17.2 Å². The number of halogens is 3. The number of sulfonamides is 1. The molecule has 3 aromatic carbocycles. The van der Waals surface area contributed by atoms with Gasteiger partial charge in [-0.2, -0.15) is 0 Å². The van der Waals surface area contributed by atoms with E-state index in [0.29, 0.717) is 33.7 Å². The summed E-state index contributed by atoms with van der Waals surface area (Å²) >= 11 is 18.7. The fourth-order valence-electron chi connectivity index (χ4n) is 6.24. The van der Waals surface area contributed by atoms with Gasteiger partial charge in [-0.15, -0.1) is 0 Å². The molecule has 10 heteroatoms. The molecule has 2 aliphatic heterocycles. The van der Waals surface area contributed by atoms with E-state index in [4.69, 9.17) is 34.8 Å². The molecule has 1 fully saturated rings. The minimum Gasteiger partial charge on any atom is -0.341 e. The molecule has 41 heavy (non-hydrogen) atoms. The van der Waals surface area contributed by atoms with Crippen LogP contribution in [0.1, 0.15) is 46.7 Å². The first-order chi connectivity index (χ1) is 19.5. The Kier molecular flexibility index (Phi) is 8.93. The van der Waals surface area contributed by atoms with Gasteiger partial charge in [0.05, 0.1) is 22.0 Å². The van der Waals surface area contributed by atoms with E-state index in [1.807, 2.05) is 37.4 Å². The van der Waals surface area contributed by atoms with Crippen LogP contribution in [0.4, 0.5) is 5.69 Å². The third kappa shape index (κ3) is 6.55. The Morgan fingerprint density at radius 1 is 0.976 bits per heavy atom. The van der Waals surface area contributed by atoms with Crippen LogP contribution in [0.15, 0.2) is 66.7 Å². The van der Waals surface area contributed by atoms with Gasteiger partial charge in [-0.1, -0.05) is 65.1 Å². The lowest BCUT2D eigenvalue weighted by Crippen LogP contribution is -2.46. The van der Waals surface area contributed by atoms with Gasteiger partial charge in [0.15, 0.2) is 0 Å². The first kappa shape index (κ1) is 30.2. The van der Waals surface area contributed by atoms with Gasteiger partial charge >= 0.3 is 0 Å². The van der Waals surface area contributed by atoms with Crippen LogP contribution in [0.5, 0.6) is 0 Å². The molecule has 0 aromatic heterocycles. The molecule has 6 nitrogen and oxygen atoms in total. The Morgan fingerprint density at radius 2 is 1.71 bits per heavy atom. The number of benzene rings is 3. The number of rotatable bonds is 8. The minimum absolute atomic E-state index is 0.0433. The summed E-state index contributed by atoms with van der Waals surface area (Å²) in [6.45, 7) is 3.60.